The minimum atomic E-state index is -3.44. The Labute approximate surface area is 119 Å². The van der Waals surface area contributed by atoms with Crippen LogP contribution in [-0.2, 0) is 10.0 Å². The van der Waals surface area contributed by atoms with E-state index in [1.165, 1.54) is 22.7 Å². The van der Waals surface area contributed by atoms with E-state index < -0.39 is 10.0 Å². The van der Waals surface area contributed by atoms with Crippen LogP contribution in [-0.4, -0.2) is 31.3 Å². The van der Waals surface area contributed by atoms with E-state index in [-0.39, 0.29) is 12.5 Å². The lowest BCUT2D eigenvalue weighted by atomic mass is 10.2. The predicted octanol–water partition coefficient (Wildman–Crippen LogP) is 2.05. The van der Waals surface area contributed by atoms with Crippen LogP contribution in [0.15, 0.2) is 20.1 Å². The first-order chi connectivity index (χ1) is 7.75. The van der Waals surface area contributed by atoms with Crippen molar-refractivity contribution in [1.82, 2.24) is 4.31 Å². The van der Waals surface area contributed by atoms with Crippen molar-refractivity contribution in [3.63, 3.8) is 0 Å². The van der Waals surface area contributed by atoms with Crippen molar-refractivity contribution >= 4 is 54.5 Å². The van der Waals surface area contributed by atoms with Gasteiger partial charge in [-0.3, -0.25) is 0 Å². The average Bonchev–Trinajstić information content (AvgIpc) is 2.64. The first-order valence-corrected chi connectivity index (χ1v) is 8.22. The molecule has 1 atom stereocenters. The van der Waals surface area contributed by atoms with Gasteiger partial charge in [-0.15, -0.1) is 11.3 Å². The molecule has 0 spiro atoms. The molecule has 0 radical (unpaired) electrons. The Kier molecular flexibility index (Phi) is 5.08. The van der Waals surface area contributed by atoms with Gasteiger partial charge in [0.25, 0.3) is 10.0 Å². The summed E-state index contributed by atoms with van der Waals surface area (Å²) in [6.07, 6.45) is 0. The summed E-state index contributed by atoms with van der Waals surface area (Å²) in [6, 6.07) is 3.29. The van der Waals surface area contributed by atoms with E-state index in [0.717, 1.165) is 3.79 Å². The summed E-state index contributed by atoms with van der Waals surface area (Å²) < 4.78 is 26.6. The van der Waals surface area contributed by atoms with Gasteiger partial charge in [0.2, 0.25) is 0 Å². The molecule has 4 nitrogen and oxygen atoms in total. The Bertz CT molecular complexity index is 512. The van der Waals surface area contributed by atoms with Crippen molar-refractivity contribution in [3.8, 4) is 0 Å². The molecule has 1 aromatic rings. The lowest BCUT2D eigenvalue weighted by Crippen LogP contribution is -2.35. The van der Waals surface area contributed by atoms with Gasteiger partial charge in [-0.25, -0.2) is 8.42 Å². The number of sulfonamides is 1. The number of nitrogens with zero attached hydrogens (tertiary/aromatic N) is 1. The maximum absolute atomic E-state index is 12.1. The summed E-state index contributed by atoms with van der Waals surface area (Å²) in [5.74, 6) is -0.145. The fourth-order valence-electron chi connectivity index (χ4n) is 1.16. The monoisotopic (exact) mass is 356 g/mol. The van der Waals surface area contributed by atoms with Crippen LogP contribution in [0, 0.1) is 5.92 Å². The highest BCUT2D eigenvalue weighted by atomic mass is 79.9. The average molecular weight is 357 g/mol. The number of rotatable bonds is 5. The molecular formula is C9H13BrN2O2S3. The van der Waals surface area contributed by atoms with Crippen molar-refractivity contribution in [2.75, 3.05) is 13.6 Å². The number of thiocarbonyl (C=S) groups is 1. The third-order valence-electron chi connectivity index (χ3n) is 2.23. The summed E-state index contributed by atoms with van der Waals surface area (Å²) in [5, 5.41) is 0. The van der Waals surface area contributed by atoms with E-state index in [4.69, 9.17) is 18.0 Å². The second-order valence-electron chi connectivity index (χ2n) is 3.65. The maximum Gasteiger partial charge on any atom is 0.252 e. The van der Waals surface area contributed by atoms with E-state index >= 15 is 0 Å². The SMILES string of the molecule is CC(CN(C)S(=O)(=O)c1ccc(Br)s1)C(N)=S. The van der Waals surface area contributed by atoms with Gasteiger partial charge >= 0.3 is 0 Å². The summed E-state index contributed by atoms with van der Waals surface area (Å²) in [7, 11) is -1.91. The maximum atomic E-state index is 12.1. The van der Waals surface area contributed by atoms with Crippen molar-refractivity contribution in [2.24, 2.45) is 11.7 Å². The first-order valence-electron chi connectivity index (χ1n) is 4.76. The van der Waals surface area contributed by atoms with Crippen LogP contribution in [0.4, 0.5) is 0 Å². The first kappa shape index (κ1) is 15.0. The molecule has 1 rings (SSSR count). The summed E-state index contributed by atoms with van der Waals surface area (Å²) in [4.78, 5) is 0.319. The third-order valence-corrected chi connectivity index (χ3v) is 6.55. The fraction of sp³-hybridized carbons (Fsp3) is 0.444. The molecule has 0 aromatic carbocycles. The van der Waals surface area contributed by atoms with E-state index in [1.807, 2.05) is 0 Å². The second kappa shape index (κ2) is 5.75. The number of halogens is 1. The van der Waals surface area contributed by atoms with Gasteiger partial charge in [0.1, 0.15) is 4.21 Å². The zero-order chi connectivity index (χ0) is 13.2. The van der Waals surface area contributed by atoms with Crippen molar-refractivity contribution in [1.29, 1.82) is 0 Å². The number of thiophene rings is 1. The zero-order valence-corrected chi connectivity index (χ0v) is 13.4. The molecule has 1 heterocycles. The highest BCUT2D eigenvalue weighted by molar-refractivity contribution is 9.11. The molecular weight excluding hydrogens is 344 g/mol. The van der Waals surface area contributed by atoms with Gasteiger partial charge in [0.15, 0.2) is 0 Å². The van der Waals surface area contributed by atoms with Crippen molar-refractivity contribution < 1.29 is 8.42 Å². The quantitative estimate of drug-likeness (QED) is 0.820. The van der Waals surface area contributed by atoms with E-state index in [1.54, 1.807) is 19.1 Å². The lowest BCUT2D eigenvalue weighted by Gasteiger charge is -2.19. The third kappa shape index (κ3) is 3.72. The van der Waals surface area contributed by atoms with Crippen LogP contribution in [0.2, 0.25) is 0 Å². The fourth-order valence-corrected chi connectivity index (χ4v) is 4.72. The Morgan fingerprint density at radius 3 is 2.65 bits per heavy atom. The standard InChI is InChI=1S/C9H13BrN2O2S3/c1-6(9(11)15)5-12(2)17(13,14)8-4-3-7(10)16-8/h3-4,6H,5H2,1-2H3,(H2,11,15). The second-order valence-corrected chi connectivity index (χ2v) is 8.85. The van der Waals surface area contributed by atoms with Crippen LogP contribution < -0.4 is 5.73 Å². The predicted molar refractivity (Wildman–Crippen MR) is 77.8 cm³/mol. The molecule has 0 aliphatic heterocycles. The number of hydrogen-bond donors (Lipinski definition) is 1. The van der Waals surface area contributed by atoms with Crippen molar-refractivity contribution in [2.45, 2.75) is 11.1 Å². The van der Waals surface area contributed by atoms with Gasteiger partial charge in [-0.2, -0.15) is 4.31 Å². The molecule has 0 aliphatic rings. The molecule has 17 heavy (non-hydrogen) atoms. The zero-order valence-electron chi connectivity index (χ0n) is 9.38. The molecule has 96 valence electrons. The van der Waals surface area contributed by atoms with Gasteiger partial charge in [0, 0.05) is 19.5 Å². The Morgan fingerprint density at radius 2 is 2.24 bits per heavy atom. The number of hydrogen-bond acceptors (Lipinski definition) is 4. The molecule has 8 heteroatoms. The normalized spacial score (nSPS) is 13.9. The van der Waals surface area contributed by atoms with Crippen LogP contribution in [0.1, 0.15) is 6.92 Å². The summed E-state index contributed by atoms with van der Waals surface area (Å²) in [5.41, 5.74) is 5.48. The molecule has 0 fully saturated rings. The molecule has 0 aliphatic carbocycles. The Hall–Kier alpha value is -0.0200. The molecule has 1 aromatic heterocycles. The number of nitrogens with two attached hydrogens (primary N) is 1. The van der Waals surface area contributed by atoms with Gasteiger partial charge in [0.05, 0.1) is 8.77 Å². The van der Waals surface area contributed by atoms with E-state index in [2.05, 4.69) is 15.9 Å². The highest BCUT2D eigenvalue weighted by Gasteiger charge is 2.24. The Morgan fingerprint density at radius 1 is 1.65 bits per heavy atom. The van der Waals surface area contributed by atoms with E-state index in [0.29, 0.717) is 9.20 Å². The van der Waals surface area contributed by atoms with Crippen molar-refractivity contribution in [3.05, 3.63) is 15.9 Å². The minimum Gasteiger partial charge on any atom is -0.393 e. The highest BCUT2D eigenvalue weighted by Crippen LogP contribution is 2.28. The van der Waals surface area contributed by atoms with Crippen LogP contribution in [0.5, 0.6) is 0 Å². The Balaban J connectivity index is 2.88. The van der Waals surface area contributed by atoms with Gasteiger partial charge < -0.3 is 5.73 Å². The molecule has 0 saturated carbocycles. The lowest BCUT2D eigenvalue weighted by molar-refractivity contribution is 0.446. The molecule has 1 unspecified atom stereocenters. The summed E-state index contributed by atoms with van der Waals surface area (Å²) >= 11 is 9.26. The van der Waals surface area contributed by atoms with Crippen LogP contribution >= 0.6 is 39.5 Å². The van der Waals surface area contributed by atoms with Gasteiger partial charge in [-0.1, -0.05) is 19.1 Å². The van der Waals surface area contributed by atoms with Gasteiger partial charge in [-0.05, 0) is 28.1 Å². The molecule has 2 N–H and O–H groups in total. The summed E-state index contributed by atoms with van der Waals surface area (Å²) in [6.45, 7) is 2.09. The topological polar surface area (TPSA) is 63.4 Å². The van der Waals surface area contributed by atoms with Crippen LogP contribution in [0.3, 0.4) is 0 Å². The molecule has 0 saturated heterocycles. The largest absolute Gasteiger partial charge is 0.393 e. The minimum absolute atomic E-state index is 0.145. The van der Waals surface area contributed by atoms with E-state index in [9.17, 15) is 8.42 Å². The molecule has 0 amide bonds. The smallest absolute Gasteiger partial charge is 0.252 e. The molecule has 0 bridgehead atoms. The van der Waals surface area contributed by atoms with Crippen LogP contribution in [0.25, 0.3) is 0 Å².